The van der Waals surface area contributed by atoms with E-state index in [0.29, 0.717) is 24.4 Å². The van der Waals surface area contributed by atoms with Crippen LogP contribution in [-0.2, 0) is 4.74 Å². The number of carbonyl (C=O) groups excluding carboxylic acids is 1. The molecule has 0 bridgehead atoms. The zero-order valence-corrected chi connectivity index (χ0v) is 10.7. The Labute approximate surface area is 107 Å². The first kappa shape index (κ1) is 14.3. The largest absolute Gasteiger partial charge is 0.398 e. The standard InChI is InChI=1S/C13H21N3O2/c1-2-3-7-18-8-6-16-10-4-5-12(14)11(9-10)13(15)17/h4-5,9,16H,2-3,6-8,14H2,1H3,(H2,15,17). The lowest BCUT2D eigenvalue weighted by molar-refractivity contribution is 0.100. The van der Waals surface area contributed by atoms with E-state index >= 15 is 0 Å². The number of unbranched alkanes of at least 4 members (excludes halogenated alkanes) is 1. The Balaban J connectivity index is 2.38. The Bertz CT molecular complexity index is 394. The van der Waals surface area contributed by atoms with E-state index < -0.39 is 5.91 Å². The molecular weight excluding hydrogens is 230 g/mol. The average molecular weight is 251 g/mol. The zero-order valence-electron chi connectivity index (χ0n) is 10.7. The molecule has 1 aromatic carbocycles. The van der Waals surface area contributed by atoms with Gasteiger partial charge in [-0.05, 0) is 24.6 Å². The van der Waals surface area contributed by atoms with Crippen LogP contribution in [0.5, 0.6) is 0 Å². The van der Waals surface area contributed by atoms with Crippen molar-refractivity contribution in [2.24, 2.45) is 5.73 Å². The van der Waals surface area contributed by atoms with E-state index in [0.717, 1.165) is 25.1 Å². The average Bonchev–Trinajstić information content (AvgIpc) is 2.35. The molecule has 0 aliphatic rings. The summed E-state index contributed by atoms with van der Waals surface area (Å²) in [6.45, 7) is 4.23. The Hall–Kier alpha value is -1.75. The molecule has 0 fully saturated rings. The molecule has 1 aromatic rings. The molecule has 0 heterocycles. The van der Waals surface area contributed by atoms with Gasteiger partial charge < -0.3 is 21.5 Å². The fraction of sp³-hybridized carbons (Fsp3) is 0.462. The van der Waals surface area contributed by atoms with Gasteiger partial charge in [0.05, 0.1) is 12.2 Å². The molecule has 5 N–H and O–H groups in total. The molecule has 0 unspecified atom stereocenters. The maximum atomic E-state index is 11.1. The number of benzene rings is 1. The summed E-state index contributed by atoms with van der Waals surface area (Å²) in [4.78, 5) is 11.1. The van der Waals surface area contributed by atoms with Gasteiger partial charge in [0.15, 0.2) is 0 Å². The van der Waals surface area contributed by atoms with Gasteiger partial charge in [-0.2, -0.15) is 0 Å². The van der Waals surface area contributed by atoms with Gasteiger partial charge in [0.25, 0.3) is 5.91 Å². The van der Waals surface area contributed by atoms with Gasteiger partial charge in [-0.3, -0.25) is 4.79 Å². The Morgan fingerprint density at radius 3 is 2.83 bits per heavy atom. The third-order valence-corrected chi connectivity index (χ3v) is 2.54. The van der Waals surface area contributed by atoms with Crippen LogP contribution in [-0.4, -0.2) is 25.7 Å². The van der Waals surface area contributed by atoms with Gasteiger partial charge in [0, 0.05) is 24.5 Å². The second kappa shape index (κ2) is 7.55. The second-order valence-corrected chi connectivity index (χ2v) is 4.06. The lowest BCUT2D eigenvalue weighted by Crippen LogP contribution is -2.15. The highest BCUT2D eigenvalue weighted by Gasteiger charge is 2.06. The maximum absolute atomic E-state index is 11.1. The third-order valence-electron chi connectivity index (χ3n) is 2.54. The lowest BCUT2D eigenvalue weighted by atomic mass is 10.1. The highest BCUT2D eigenvalue weighted by Crippen LogP contribution is 2.17. The number of hydrogen-bond donors (Lipinski definition) is 3. The van der Waals surface area contributed by atoms with Crippen molar-refractivity contribution in [1.29, 1.82) is 0 Å². The Morgan fingerprint density at radius 1 is 1.39 bits per heavy atom. The summed E-state index contributed by atoms with van der Waals surface area (Å²) in [5.74, 6) is -0.518. The quantitative estimate of drug-likeness (QED) is 0.483. The van der Waals surface area contributed by atoms with Crippen molar-refractivity contribution in [1.82, 2.24) is 0 Å². The molecular formula is C13H21N3O2. The summed E-state index contributed by atoms with van der Waals surface area (Å²) >= 11 is 0. The minimum absolute atomic E-state index is 0.340. The molecule has 1 amide bonds. The minimum atomic E-state index is -0.518. The molecule has 100 valence electrons. The summed E-state index contributed by atoms with van der Waals surface area (Å²) in [5.41, 5.74) is 12.4. The maximum Gasteiger partial charge on any atom is 0.250 e. The number of nitrogen functional groups attached to an aromatic ring is 1. The van der Waals surface area contributed by atoms with Crippen molar-refractivity contribution in [2.75, 3.05) is 30.8 Å². The van der Waals surface area contributed by atoms with E-state index in [-0.39, 0.29) is 0 Å². The van der Waals surface area contributed by atoms with Gasteiger partial charge in [-0.1, -0.05) is 13.3 Å². The number of ether oxygens (including phenoxy) is 1. The summed E-state index contributed by atoms with van der Waals surface area (Å²) in [5, 5.41) is 3.16. The van der Waals surface area contributed by atoms with E-state index in [2.05, 4.69) is 12.2 Å². The second-order valence-electron chi connectivity index (χ2n) is 4.06. The van der Waals surface area contributed by atoms with Crippen LogP contribution < -0.4 is 16.8 Å². The normalized spacial score (nSPS) is 10.3. The predicted molar refractivity (Wildman–Crippen MR) is 73.6 cm³/mol. The summed E-state index contributed by atoms with van der Waals surface area (Å²) in [6.07, 6.45) is 2.21. The van der Waals surface area contributed by atoms with E-state index in [1.807, 2.05) is 6.07 Å². The molecule has 0 aliphatic carbocycles. The summed E-state index contributed by atoms with van der Waals surface area (Å²) in [6, 6.07) is 5.14. The first-order valence-corrected chi connectivity index (χ1v) is 6.16. The van der Waals surface area contributed by atoms with Crippen LogP contribution in [0.1, 0.15) is 30.1 Å². The number of nitrogens with one attached hydrogen (secondary N) is 1. The van der Waals surface area contributed by atoms with Crippen molar-refractivity contribution in [3.8, 4) is 0 Å². The first-order valence-electron chi connectivity index (χ1n) is 6.16. The molecule has 0 saturated carbocycles. The van der Waals surface area contributed by atoms with Gasteiger partial charge in [0.2, 0.25) is 0 Å². The zero-order chi connectivity index (χ0) is 13.4. The molecule has 0 saturated heterocycles. The smallest absolute Gasteiger partial charge is 0.250 e. The highest BCUT2D eigenvalue weighted by molar-refractivity contribution is 5.98. The monoisotopic (exact) mass is 251 g/mol. The van der Waals surface area contributed by atoms with Gasteiger partial charge in [-0.25, -0.2) is 0 Å². The fourth-order valence-corrected chi connectivity index (χ4v) is 1.50. The summed E-state index contributed by atoms with van der Waals surface area (Å²) < 4.78 is 5.42. The van der Waals surface area contributed by atoms with Crippen LogP contribution in [0.15, 0.2) is 18.2 Å². The van der Waals surface area contributed by atoms with Crippen molar-refractivity contribution in [2.45, 2.75) is 19.8 Å². The predicted octanol–water partition coefficient (Wildman–Crippen LogP) is 1.60. The van der Waals surface area contributed by atoms with E-state index in [9.17, 15) is 4.79 Å². The number of rotatable bonds is 8. The molecule has 0 radical (unpaired) electrons. The van der Waals surface area contributed by atoms with E-state index in [1.165, 1.54) is 0 Å². The highest BCUT2D eigenvalue weighted by atomic mass is 16.5. The van der Waals surface area contributed by atoms with Crippen LogP contribution in [0.3, 0.4) is 0 Å². The van der Waals surface area contributed by atoms with Crippen LogP contribution in [0.25, 0.3) is 0 Å². The molecule has 0 aromatic heterocycles. The molecule has 5 nitrogen and oxygen atoms in total. The Kier molecular flexibility index (Phi) is 6.00. The molecule has 1 rings (SSSR count). The minimum Gasteiger partial charge on any atom is -0.398 e. The first-order chi connectivity index (χ1) is 8.65. The number of amides is 1. The number of primary amides is 1. The van der Waals surface area contributed by atoms with Crippen LogP contribution in [0.2, 0.25) is 0 Å². The van der Waals surface area contributed by atoms with Gasteiger partial charge >= 0.3 is 0 Å². The molecule has 18 heavy (non-hydrogen) atoms. The fourth-order valence-electron chi connectivity index (χ4n) is 1.50. The molecule has 0 atom stereocenters. The topological polar surface area (TPSA) is 90.4 Å². The van der Waals surface area contributed by atoms with Crippen molar-refractivity contribution < 1.29 is 9.53 Å². The number of hydrogen-bond acceptors (Lipinski definition) is 4. The summed E-state index contributed by atoms with van der Waals surface area (Å²) in [7, 11) is 0. The Morgan fingerprint density at radius 2 is 2.17 bits per heavy atom. The van der Waals surface area contributed by atoms with E-state index in [4.69, 9.17) is 16.2 Å². The number of nitrogens with two attached hydrogens (primary N) is 2. The SMILES string of the molecule is CCCCOCCNc1ccc(N)c(C(N)=O)c1. The molecule has 0 spiro atoms. The third kappa shape index (κ3) is 4.63. The van der Waals surface area contributed by atoms with Crippen molar-refractivity contribution in [3.05, 3.63) is 23.8 Å². The molecule has 5 heteroatoms. The number of carbonyl (C=O) groups is 1. The van der Waals surface area contributed by atoms with Crippen LogP contribution in [0, 0.1) is 0 Å². The van der Waals surface area contributed by atoms with Crippen LogP contribution in [0.4, 0.5) is 11.4 Å². The van der Waals surface area contributed by atoms with Crippen LogP contribution >= 0.6 is 0 Å². The van der Waals surface area contributed by atoms with Gasteiger partial charge in [-0.15, -0.1) is 0 Å². The van der Waals surface area contributed by atoms with E-state index in [1.54, 1.807) is 12.1 Å². The lowest BCUT2D eigenvalue weighted by Gasteiger charge is -2.09. The van der Waals surface area contributed by atoms with Gasteiger partial charge in [0.1, 0.15) is 0 Å². The number of anilines is 2. The molecule has 0 aliphatic heterocycles. The van der Waals surface area contributed by atoms with Crippen molar-refractivity contribution >= 4 is 17.3 Å². The van der Waals surface area contributed by atoms with Crippen molar-refractivity contribution in [3.63, 3.8) is 0 Å².